The molecule has 8 nitrogen and oxygen atoms in total. The Bertz CT molecular complexity index is 1370. The number of pyridine rings is 2. The summed E-state index contributed by atoms with van der Waals surface area (Å²) in [6, 6.07) is 15.5. The van der Waals surface area contributed by atoms with Gasteiger partial charge < -0.3 is 15.5 Å². The van der Waals surface area contributed by atoms with E-state index in [1.165, 1.54) is 31.4 Å². The van der Waals surface area contributed by atoms with E-state index < -0.39 is 0 Å². The number of hydrogen-bond donors (Lipinski definition) is 2. The number of amides is 1. The maximum Gasteiger partial charge on any atom is 0.255 e. The summed E-state index contributed by atoms with van der Waals surface area (Å²) in [5.74, 6) is 0.802. The van der Waals surface area contributed by atoms with Gasteiger partial charge >= 0.3 is 0 Å². The van der Waals surface area contributed by atoms with E-state index in [0.717, 1.165) is 35.7 Å². The standard InChI is InChI=1S/C30H33N7O/c1-3-15-37-16-5-7-25(20-37)22-8-10-23(11-9-22)29(38)34-26-17-28(21(2)33-19-26)36-30-32-14-12-27(35-30)24-6-4-13-31-18-24/h4,6,8-14,17-19,25H,3,5,7,15-16,20H2,1-2H3,(H,34,38)(H,32,35,36). The van der Waals surface area contributed by atoms with E-state index in [2.05, 4.69) is 54.5 Å². The van der Waals surface area contributed by atoms with Crippen molar-refractivity contribution in [3.05, 3.63) is 90.1 Å². The van der Waals surface area contributed by atoms with Crippen LogP contribution in [0, 0.1) is 6.92 Å². The van der Waals surface area contributed by atoms with Crippen molar-refractivity contribution in [2.24, 2.45) is 0 Å². The minimum absolute atomic E-state index is 0.167. The third kappa shape index (κ3) is 6.20. The van der Waals surface area contributed by atoms with E-state index in [4.69, 9.17) is 0 Å². The molecule has 0 aliphatic carbocycles. The van der Waals surface area contributed by atoms with E-state index in [-0.39, 0.29) is 5.91 Å². The maximum atomic E-state index is 13.0. The van der Waals surface area contributed by atoms with Crippen LogP contribution >= 0.6 is 0 Å². The Kier molecular flexibility index (Phi) is 7.99. The molecule has 0 spiro atoms. The molecule has 0 saturated carbocycles. The fourth-order valence-electron chi connectivity index (χ4n) is 4.90. The maximum absolute atomic E-state index is 13.0. The van der Waals surface area contributed by atoms with E-state index in [1.807, 2.05) is 43.3 Å². The van der Waals surface area contributed by atoms with Crippen LogP contribution in [0.5, 0.6) is 0 Å². The Morgan fingerprint density at radius 2 is 1.95 bits per heavy atom. The molecule has 1 atom stereocenters. The van der Waals surface area contributed by atoms with Gasteiger partial charge in [0.15, 0.2) is 0 Å². The lowest BCUT2D eigenvalue weighted by atomic mass is 9.90. The Morgan fingerprint density at radius 3 is 2.74 bits per heavy atom. The topological polar surface area (TPSA) is 95.9 Å². The zero-order valence-corrected chi connectivity index (χ0v) is 21.9. The molecule has 4 aromatic rings. The van der Waals surface area contributed by atoms with Crippen molar-refractivity contribution >= 4 is 23.2 Å². The van der Waals surface area contributed by atoms with Crippen molar-refractivity contribution in [1.82, 2.24) is 24.8 Å². The molecule has 1 aliphatic heterocycles. The normalized spacial score (nSPS) is 15.7. The van der Waals surface area contributed by atoms with Crippen molar-refractivity contribution in [3.63, 3.8) is 0 Å². The van der Waals surface area contributed by atoms with Crippen molar-refractivity contribution < 1.29 is 4.79 Å². The zero-order valence-electron chi connectivity index (χ0n) is 21.9. The molecule has 1 amide bonds. The number of aryl methyl sites for hydroxylation is 1. The van der Waals surface area contributed by atoms with Gasteiger partial charge in [-0.1, -0.05) is 19.1 Å². The predicted octanol–water partition coefficient (Wildman–Crippen LogP) is 5.83. The Hall–Kier alpha value is -4.17. The second kappa shape index (κ2) is 11.9. The fraction of sp³-hybridized carbons (Fsp3) is 0.300. The molecule has 1 aromatic carbocycles. The molecular formula is C30H33N7O. The number of carbonyl (C=O) groups excluding carboxylic acids is 1. The van der Waals surface area contributed by atoms with E-state index >= 15 is 0 Å². The summed E-state index contributed by atoms with van der Waals surface area (Å²) in [6.45, 7) is 7.56. The Labute approximate surface area is 223 Å². The molecule has 1 aliphatic rings. The van der Waals surface area contributed by atoms with E-state index in [9.17, 15) is 4.79 Å². The number of aromatic nitrogens is 4. The first-order chi connectivity index (χ1) is 18.6. The highest BCUT2D eigenvalue weighted by Gasteiger charge is 2.21. The molecule has 1 saturated heterocycles. The highest BCUT2D eigenvalue weighted by atomic mass is 16.1. The van der Waals surface area contributed by atoms with Crippen LogP contribution in [0.15, 0.2) is 73.3 Å². The van der Waals surface area contributed by atoms with Crippen LogP contribution in [0.25, 0.3) is 11.3 Å². The average molecular weight is 508 g/mol. The summed E-state index contributed by atoms with van der Waals surface area (Å²) >= 11 is 0. The lowest BCUT2D eigenvalue weighted by Gasteiger charge is -2.32. The zero-order chi connectivity index (χ0) is 26.3. The number of anilines is 3. The summed E-state index contributed by atoms with van der Waals surface area (Å²) in [5, 5.41) is 6.20. The Balaban J connectivity index is 1.25. The molecule has 1 unspecified atom stereocenters. The largest absolute Gasteiger partial charge is 0.322 e. The summed E-state index contributed by atoms with van der Waals surface area (Å²) < 4.78 is 0. The number of nitrogens with one attached hydrogen (secondary N) is 2. The minimum Gasteiger partial charge on any atom is -0.322 e. The Morgan fingerprint density at radius 1 is 1.08 bits per heavy atom. The smallest absolute Gasteiger partial charge is 0.255 e. The van der Waals surface area contributed by atoms with Crippen LogP contribution in [0.3, 0.4) is 0 Å². The van der Waals surface area contributed by atoms with Gasteiger partial charge in [-0.25, -0.2) is 9.97 Å². The number of rotatable bonds is 8. The van der Waals surface area contributed by atoms with Gasteiger partial charge in [-0.3, -0.25) is 14.8 Å². The SMILES string of the molecule is CCCN1CCCC(c2ccc(C(=O)Nc3cnc(C)c(Nc4nccc(-c5cccnc5)n4)c3)cc2)C1. The van der Waals surface area contributed by atoms with Crippen LogP contribution in [-0.2, 0) is 0 Å². The van der Waals surface area contributed by atoms with Crippen molar-refractivity contribution in [1.29, 1.82) is 0 Å². The summed E-state index contributed by atoms with van der Waals surface area (Å²) in [6.07, 6.45) is 10.5. The van der Waals surface area contributed by atoms with Crippen molar-refractivity contribution in [3.8, 4) is 11.3 Å². The lowest BCUT2D eigenvalue weighted by molar-refractivity contribution is 0.102. The van der Waals surface area contributed by atoms with Gasteiger partial charge in [0.05, 0.1) is 29.0 Å². The summed E-state index contributed by atoms with van der Waals surface area (Å²) in [7, 11) is 0. The molecule has 1 fully saturated rings. The number of piperidine rings is 1. The second-order valence-corrected chi connectivity index (χ2v) is 9.71. The number of carbonyl (C=O) groups is 1. The molecule has 0 radical (unpaired) electrons. The first kappa shape index (κ1) is 25.5. The van der Waals surface area contributed by atoms with Gasteiger partial charge in [0, 0.05) is 36.3 Å². The van der Waals surface area contributed by atoms with Gasteiger partial charge in [0.25, 0.3) is 5.91 Å². The molecular weight excluding hydrogens is 474 g/mol. The van der Waals surface area contributed by atoms with Gasteiger partial charge in [0.2, 0.25) is 5.95 Å². The fourth-order valence-corrected chi connectivity index (χ4v) is 4.90. The highest BCUT2D eigenvalue weighted by molar-refractivity contribution is 6.04. The van der Waals surface area contributed by atoms with Crippen LogP contribution < -0.4 is 10.6 Å². The number of likely N-dealkylation sites (tertiary alicyclic amines) is 1. The van der Waals surface area contributed by atoms with Gasteiger partial charge in [-0.2, -0.15) is 0 Å². The number of nitrogens with zero attached hydrogens (tertiary/aromatic N) is 5. The number of benzene rings is 1. The highest BCUT2D eigenvalue weighted by Crippen LogP contribution is 2.28. The average Bonchev–Trinajstić information content (AvgIpc) is 2.96. The third-order valence-electron chi connectivity index (χ3n) is 6.89. The number of hydrogen-bond acceptors (Lipinski definition) is 7. The molecule has 3 aromatic heterocycles. The second-order valence-electron chi connectivity index (χ2n) is 9.71. The first-order valence-corrected chi connectivity index (χ1v) is 13.2. The molecule has 5 rings (SSSR count). The van der Waals surface area contributed by atoms with Crippen molar-refractivity contribution in [2.75, 3.05) is 30.3 Å². The van der Waals surface area contributed by atoms with Gasteiger partial charge in [-0.05, 0) is 87.2 Å². The van der Waals surface area contributed by atoms with Crippen molar-refractivity contribution in [2.45, 2.75) is 39.0 Å². The third-order valence-corrected chi connectivity index (χ3v) is 6.89. The van der Waals surface area contributed by atoms with Crippen LogP contribution in [0.4, 0.5) is 17.3 Å². The molecule has 0 bridgehead atoms. The molecule has 2 N–H and O–H groups in total. The quantitative estimate of drug-likeness (QED) is 0.310. The molecule has 38 heavy (non-hydrogen) atoms. The first-order valence-electron chi connectivity index (χ1n) is 13.2. The molecule has 194 valence electrons. The van der Waals surface area contributed by atoms with Crippen LogP contribution in [-0.4, -0.2) is 50.4 Å². The summed E-state index contributed by atoms with van der Waals surface area (Å²) in [5.41, 5.74) is 5.68. The lowest BCUT2D eigenvalue weighted by Crippen LogP contribution is -2.34. The van der Waals surface area contributed by atoms with Crippen LogP contribution in [0.2, 0.25) is 0 Å². The van der Waals surface area contributed by atoms with Crippen LogP contribution in [0.1, 0.15) is 53.7 Å². The van der Waals surface area contributed by atoms with E-state index in [0.29, 0.717) is 23.1 Å². The monoisotopic (exact) mass is 507 g/mol. The molecule has 4 heterocycles. The van der Waals surface area contributed by atoms with Gasteiger partial charge in [-0.15, -0.1) is 0 Å². The molecule has 8 heteroatoms. The minimum atomic E-state index is -0.167. The van der Waals surface area contributed by atoms with Gasteiger partial charge in [0.1, 0.15) is 0 Å². The summed E-state index contributed by atoms with van der Waals surface area (Å²) in [4.78, 5) is 33.1. The predicted molar refractivity (Wildman–Crippen MR) is 151 cm³/mol. The van der Waals surface area contributed by atoms with E-state index in [1.54, 1.807) is 24.8 Å².